The zero-order valence-corrected chi connectivity index (χ0v) is 11.8. The Balaban J connectivity index is 2.12. The molecule has 0 aliphatic rings. The van der Waals surface area contributed by atoms with E-state index in [2.05, 4.69) is 22.0 Å². The summed E-state index contributed by atoms with van der Waals surface area (Å²) in [5.74, 6) is 0.584. The summed E-state index contributed by atoms with van der Waals surface area (Å²) in [6.45, 7) is 0.424. The van der Waals surface area contributed by atoms with Crippen LogP contribution >= 0.6 is 38.9 Å². The van der Waals surface area contributed by atoms with Crippen LogP contribution in [0.4, 0.5) is 0 Å². The van der Waals surface area contributed by atoms with Crippen LogP contribution in [0.2, 0.25) is 4.34 Å². The highest BCUT2D eigenvalue weighted by molar-refractivity contribution is 9.10. The van der Waals surface area contributed by atoms with Gasteiger partial charge in [-0.3, -0.25) is 0 Å². The molecular weight excluding hydrogens is 322 g/mol. The Bertz CT molecular complexity index is 576. The lowest BCUT2D eigenvalue weighted by Gasteiger charge is -2.06. The molecule has 0 fully saturated rings. The van der Waals surface area contributed by atoms with E-state index in [1.807, 2.05) is 18.2 Å². The van der Waals surface area contributed by atoms with Crippen molar-refractivity contribution in [3.05, 3.63) is 49.6 Å². The van der Waals surface area contributed by atoms with Crippen LogP contribution in [0.25, 0.3) is 0 Å². The summed E-state index contributed by atoms with van der Waals surface area (Å²) < 4.78 is 7.19. The van der Waals surface area contributed by atoms with Crippen molar-refractivity contribution in [1.29, 1.82) is 5.26 Å². The van der Waals surface area contributed by atoms with Crippen molar-refractivity contribution < 1.29 is 4.74 Å². The molecule has 5 heteroatoms. The minimum atomic E-state index is 0.424. The van der Waals surface area contributed by atoms with Gasteiger partial charge in [-0.15, -0.1) is 11.3 Å². The number of halogens is 2. The van der Waals surface area contributed by atoms with Gasteiger partial charge < -0.3 is 4.74 Å². The molecule has 86 valence electrons. The van der Waals surface area contributed by atoms with Gasteiger partial charge in [-0.1, -0.05) is 27.5 Å². The monoisotopic (exact) mass is 327 g/mol. The maximum Gasteiger partial charge on any atom is 0.137 e. The van der Waals surface area contributed by atoms with Crippen molar-refractivity contribution in [3.8, 4) is 11.8 Å². The third kappa shape index (κ3) is 3.22. The zero-order valence-electron chi connectivity index (χ0n) is 8.61. The zero-order chi connectivity index (χ0) is 12.3. The van der Waals surface area contributed by atoms with E-state index < -0.39 is 0 Å². The van der Waals surface area contributed by atoms with E-state index in [4.69, 9.17) is 21.6 Å². The molecule has 0 atom stereocenters. The Hall–Kier alpha value is -1.02. The molecule has 2 nitrogen and oxygen atoms in total. The van der Waals surface area contributed by atoms with Crippen LogP contribution in [0.3, 0.4) is 0 Å². The highest BCUT2D eigenvalue weighted by Gasteiger charge is 2.05. The van der Waals surface area contributed by atoms with E-state index in [9.17, 15) is 0 Å². The predicted molar refractivity (Wildman–Crippen MR) is 72.5 cm³/mol. The van der Waals surface area contributed by atoms with Gasteiger partial charge >= 0.3 is 0 Å². The van der Waals surface area contributed by atoms with Gasteiger partial charge in [0.05, 0.1) is 9.90 Å². The maximum atomic E-state index is 8.97. The molecule has 1 heterocycles. The maximum absolute atomic E-state index is 8.97. The Labute approximate surface area is 117 Å². The summed E-state index contributed by atoms with van der Waals surface area (Å²) >= 11 is 10.6. The lowest BCUT2D eigenvalue weighted by Crippen LogP contribution is -1.95. The van der Waals surface area contributed by atoms with Crippen LogP contribution in [0, 0.1) is 11.3 Å². The van der Waals surface area contributed by atoms with Gasteiger partial charge in [0.2, 0.25) is 0 Å². The Morgan fingerprint density at radius 1 is 1.35 bits per heavy atom. The summed E-state index contributed by atoms with van der Waals surface area (Å²) in [6.07, 6.45) is 0. The second kappa shape index (κ2) is 5.54. The van der Waals surface area contributed by atoms with Crippen LogP contribution in [0.5, 0.6) is 5.75 Å². The first-order valence-corrected chi connectivity index (χ1v) is 6.74. The normalized spacial score (nSPS) is 9.94. The van der Waals surface area contributed by atoms with Crippen molar-refractivity contribution in [2.75, 3.05) is 0 Å². The first-order valence-electron chi connectivity index (χ1n) is 4.75. The quantitative estimate of drug-likeness (QED) is 0.824. The molecule has 0 saturated heterocycles. The van der Waals surface area contributed by atoms with Gasteiger partial charge in [0, 0.05) is 9.35 Å². The molecule has 17 heavy (non-hydrogen) atoms. The summed E-state index contributed by atoms with van der Waals surface area (Å²) in [7, 11) is 0. The highest BCUT2D eigenvalue weighted by atomic mass is 79.9. The van der Waals surface area contributed by atoms with Gasteiger partial charge in [-0.2, -0.15) is 5.26 Å². The second-order valence-electron chi connectivity index (χ2n) is 3.25. The molecule has 0 aliphatic heterocycles. The third-order valence-electron chi connectivity index (χ3n) is 2.06. The van der Waals surface area contributed by atoms with E-state index in [1.54, 1.807) is 12.1 Å². The van der Waals surface area contributed by atoms with Crippen LogP contribution in [0.15, 0.2) is 34.8 Å². The van der Waals surface area contributed by atoms with Crippen molar-refractivity contribution in [2.45, 2.75) is 6.61 Å². The number of ether oxygens (including phenoxy) is 1. The predicted octanol–water partition coefficient (Wildman–Crippen LogP) is 4.61. The lowest BCUT2D eigenvalue weighted by atomic mass is 10.2. The number of hydrogen-bond donors (Lipinski definition) is 0. The molecule has 0 amide bonds. The molecule has 0 bridgehead atoms. The van der Waals surface area contributed by atoms with Gasteiger partial charge in [0.1, 0.15) is 18.4 Å². The summed E-state index contributed by atoms with van der Waals surface area (Å²) in [6, 6.07) is 11.2. The molecule has 0 saturated carbocycles. The van der Waals surface area contributed by atoms with Crippen molar-refractivity contribution in [3.63, 3.8) is 0 Å². The number of rotatable bonds is 3. The molecule has 2 aromatic rings. The first-order chi connectivity index (χ1) is 8.19. The third-order valence-corrected chi connectivity index (χ3v) is 3.76. The minimum absolute atomic E-state index is 0.424. The van der Waals surface area contributed by atoms with Gasteiger partial charge in [-0.05, 0) is 30.3 Å². The Kier molecular flexibility index (Phi) is 4.06. The number of thiophene rings is 1. The molecule has 0 aliphatic carbocycles. The molecular formula is C12H7BrClNOS. The smallest absolute Gasteiger partial charge is 0.137 e. The summed E-state index contributed by atoms with van der Waals surface area (Å²) in [5.41, 5.74) is 0.516. The fraction of sp³-hybridized carbons (Fsp3) is 0.0833. The largest absolute Gasteiger partial charge is 0.487 e. The average Bonchev–Trinajstić information content (AvgIpc) is 2.73. The summed E-state index contributed by atoms with van der Waals surface area (Å²) in [5, 5.41) is 8.97. The minimum Gasteiger partial charge on any atom is -0.487 e. The number of nitrogens with zero attached hydrogens (tertiary/aromatic N) is 1. The van der Waals surface area contributed by atoms with E-state index in [-0.39, 0.29) is 0 Å². The van der Waals surface area contributed by atoms with Crippen LogP contribution < -0.4 is 4.74 Å². The molecule has 0 unspecified atom stereocenters. The van der Waals surface area contributed by atoms with E-state index in [0.29, 0.717) is 17.9 Å². The Morgan fingerprint density at radius 2 is 2.18 bits per heavy atom. The van der Waals surface area contributed by atoms with Crippen molar-refractivity contribution in [2.24, 2.45) is 0 Å². The number of hydrogen-bond acceptors (Lipinski definition) is 3. The topological polar surface area (TPSA) is 33.0 Å². The van der Waals surface area contributed by atoms with E-state index in [1.165, 1.54) is 11.3 Å². The lowest BCUT2D eigenvalue weighted by molar-refractivity contribution is 0.309. The summed E-state index contributed by atoms with van der Waals surface area (Å²) in [4.78, 5) is 1.03. The highest BCUT2D eigenvalue weighted by Crippen LogP contribution is 2.26. The van der Waals surface area contributed by atoms with Crippen LogP contribution in [0.1, 0.15) is 10.4 Å². The molecule has 0 N–H and O–H groups in total. The fourth-order valence-electron chi connectivity index (χ4n) is 1.29. The van der Waals surface area contributed by atoms with E-state index in [0.717, 1.165) is 13.7 Å². The number of benzene rings is 1. The molecule has 0 radical (unpaired) electrons. The standard InChI is InChI=1S/C12H7BrClNOS/c13-9-1-3-11(8(5-9)6-15)16-7-10-2-4-12(14)17-10/h1-5H,7H2. The van der Waals surface area contributed by atoms with Gasteiger partial charge in [0.25, 0.3) is 0 Å². The van der Waals surface area contributed by atoms with Gasteiger partial charge in [-0.25, -0.2) is 0 Å². The van der Waals surface area contributed by atoms with Crippen LogP contribution in [-0.2, 0) is 6.61 Å². The number of nitriles is 1. The van der Waals surface area contributed by atoms with Crippen molar-refractivity contribution >= 4 is 38.9 Å². The molecule has 1 aromatic carbocycles. The molecule has 1 aromatic heterocycles. The average molecular weight is 329 g/mol. The second-order valence-corrected chi connectivity index (χ2v) is 5.96. The van der Waals surface area contributed by atoms with Crippen molar-refractivity contribution in [1.82, 2.24) is 0 Å². The molecule has 2 rings (SSSR count). The SMILES string of the molecule is N#Cc1cc(Br)ccc1OCc1ccc(Cl)s1. The Morgan fingerprint density at radius 3 is 2.82 bits per heavy atom. The van der Waals surface area contributed by atoms with E-state index >= 15 is 0 Å². The van der Waals surface area contributed by atoms with Crippen LogP contribution in [-0.4, -0.2) is 0 Å². The fourth-order valence-corrected chi connectivity index (χ4v) is 2.66. The molecule has 0 spiro atoms. The van der Waals surface area contributed by atoms with Gasteiger partial charge in [0.15, 0.2) is 0 Å². The first kappa shape index (κ1) is 12.4.